The first kappa shape index (κ1) is 32.0. The number of carboxylic acid groups (broad SMARTS) is 2. The zero-order chi connectivity index (χ0) is 28.2. The molecule has 0 aromatic heterocycles. The molecule has 0 saturated heterocycles. The molecule has 0 unspecified atom stereocenters. The molecule has 0 aliphatic rings. The van der Waals surface area contributed by atoms with Crippen LogP contribution in [0, 0.1) is 11.8 Å². The lowest BCUT2D eigenvalue weighted by Gasteiger charge is -2.19. The van der Waals surface area contributed by atoms with Crippen molar-refractivity contribution in [2.45, 2.75) is 46.7 Å². The van der Waals surface area contributed by atoms with Crippen LogP contribution in [0.5, 0.6) is 5.75 Å². The largest absolute Gasteiger partial charge is 0.490 e. The zero-order valence-corrected chi connectivity index (χ0v) is 20.1. The summed E-state index contributed by atoms with van der Waals surface area (Å²) in [6.07, 6.45) is -3.81. The van der Waals surface area contributed by atoms with Gasteiger partial charge >= 0.3 is 18.1 Å². The van der Waals surface area contributed by atoms with Crippen LogP contribution in [0.15, 0.2) is 17.1 Å². The van der Waals surface area contributed by atoms with Crippen molar-refractivity contribution < 1.29 is 47.3 Å². The number of carboxylic acids is 2. The predicted molar refractivity (Wildman–Crippen MR) is 125 cm³/mol. The van der Waals surface area contributed by atoms with Gasteiger partial charge in [-0.1, -0.05) is 27.7 Å². The smallest absolute Gasteiger partial charge is 0.480 e. The van der Waals surface area contributed by atoms with Crippen LogP contribution in [0.2, 0.25) is 0 Å². The van der Waals surface area contributed by atoms with Gasteiger partial charge in [-0.15, -0.1) is 0 Å². The molecule has 15 heteroatoms. The summed E-state index contributed by atoms with van der Waals surface area (Å²) in [6.45, 7) is 6.59. The van der Waals surface area contributed by atoms with E-state index in [9.17, 15) is 27.6 Å². The van der Waals surface area contributed by atoms with Gasteiger partial charge in [0.15, 0.2) is 12.6 Å². The lowest BCUT2D eigenvalue weighted by Crippen LogP contribution is -2.24. The molecule has 1 rings (SSSR count). The van der Waals surface area contributed by atoms with Gasteiger partial charge in [-0.3, -0.25) is 9.59 Å². The number of hydrogen-bond acceptors (Lipinski definition) is 6. The first-order chi connectivity index (χ1) is 16.5. The van der Waals surface area contributed by atoms with Crippen LogP contribution in [0.3, 0.4) is 0 Å². The monoisotopic (exact) mass is 521 g/mol. The topological polar surface area (TPSA) is 206 Å². The minimum Gasteiger partial charge on any atom is -0.480 e. The zero-order valence-electron chi connectivity index (χ0n) is 20.1. The molecular formula is C21H30F3N5O7. The Hall–Kier alpha value is -4.04. The minimum atomic E-state index is -5.08. The number of benzene rings is 1. The van der Waals surface area contributed by atoms with Gasteiger partial charge in [0.25, 0.3) is 0 Å². The molecule has 0 radical (unpaired) electrons. The van der Waals surface area contributed by atoms with Crippen LogP contribution in [-0.2, 0) is 19.2 Å². The molecule has 12 nitrogen and oxygen atoms in total. The van der Waals surface area contributed by atoms with E-state index >= 15 is 0 Å². The van der Waals surface area contributed by atoms with Gasteiger partial charge in [0.2, 0.25) is 11.8 Å². The van der Waals surface area contributed by atoms with E-state index in [0.29, 0.717) is 12.8 Å². The maximum Gasteiger partial charge on any atom is 0.490 e. The molecule has 2 amide bonds. The number of rotatable bonds is 10. The van der Waals surface area contributed by atoms with E-state index < -0.39 is 24.7 Å². The summed E-state index contributed by atoms with van der Waals surface area (Å²) in [5, 5.41) is 21.5. The van der Waals surface area contributed by atoms with Crippen molar-refractivity contribution in [3.63, 3.8) is 0 Å². The van der Waals surface area contributed by atoms with E-state index in [1.807, 2.05) is 13.8 Å². The lowest BCUT2D eigenvalue weighted by atomic mass is 10.0. The number of aliphatic carboxylic acids is 2. The van der Waals surface area contributed by atoms with Gasteiger partial charge in [0, 0.05) is 17.9 Å². The maximum absolute atomic E-state index is 12.5. The number of hydrogen-bond donors (Lipinski definition) is 6. The molecule has 0 fully saturated rings. The predicted octanol–water partition coefficient (Wildman–Crippen LogP) is 2.66. The maximum atomic E-state index is 12.5. The molecule has 1 aromatic carbocycles. The number of anilines is 2. The quantitative estimate of drug-likeness (QED) is 0.197. The molecule has 0 bridgehead atoms. The van der Waals surface area contributed by atoms with Crippen LogP contribution >= 0.6 is 0 Å². The number of ether oxygens (including phenoxy) is 1. The fourth-order valence-corrected chi connectivity index (χ4v) is 2.43. The molecule has 0 atom stereocenters. The first-order valence-electron chi connectivity index (χ1n) is 10.6. The Balaban J connectivity index is 0.00000152. The van der Waals surface area contributed by atoms with Crippen molar-refractivity contribution in [1.29, 1.82) is 0 Å². The Labute approximate surface area is 204 Å². The van der Waals surface area contributed by atoms with E-state index in [1.54, 1.807) is 13.8 Å². The standard InChI is InChI=1S/C19H29N5O5.C2HF3O2/c1-5-11(6-2)18(28)23-14-7-12(22-17(27)10(3)4)13(24-19(20)21)8-15(14)29-9-16(25)26;3-2(4,5)1(6)7/h7-8,10-11H,5-6,9H2,1-4H3,(H,22,27)(H,23,28)(H,25,26)(H4,20,21,24);(H,6,7). The van der Waals surface area contributed by atoms with Crippen molar-refractivity contribution in [2.75, 3.05) is 17.2 Å². The van der Waals surface area contributed by atoms with Gasteiger partial charge in [0.05, 0.1) is 17.1 Å². The Morgan fingerprint density at radius 3 is 1.89 bits per heavy atom. The van der Waals surface area contributed by atoms with Gasteiger partial charge in [-0.25, -0.2) is 14.6 Å². The molecule has 0 heterocycles. The molecule has 1 aromatic rings. The van der Waals surface area contributed by atoms with Crippen LogP contribution in [0.25, 0.3) is 0 Å². The van der Waals surface area contributed by atoms with Gasteiger partial charge in [-0.2, -0.15) is 13.2 Å². The average molecular weight is 521 g/mol. The fraction of sp³-hybridized carbons (Fsp3) is 0.476. The summed E-state index contributed by atoms with van der Waals surface area (Å²) in [6, 6.07) is 2.81. The van der Waals surface area contributed by atoms with E-state index in [1.165, 1.54) is 12.1 Å². The number of nitrogens with zero attached hydrogens (tertiary/aromatic N) is 1. The Morgan fingerprint density at radius 2 is 1.50 bits per heavy atom. The Bertz CT molecular complexity index is 973. The fourth-order valence-electron chi connectivity index (χ4n) is 2.43. The number of guanidine groups is 1. The molecule has 36 heavy (non-hydrogen) atoms. The van der Waals surface area contributed by atoms with E-state index in [0.717, 1.165) is 0 Å². The number of halogens is 3. The molecule has 0 aliphatic heterocycles. The van der Waals surface area contributed by atoms with Crippen molar-refractivity contribution in [1.82, 2.24) is 0 Å². The van der Waals surface area contributed by atoms with Crippen molar-refractivity contribution >= 4 is 46.8 Å². The molecule has 202 valence electrons. The minimum absolute atomic E-state index is 0.0641. The highest BCUT2D eigenvalue weighted by Crippen LogP contribution is 2.37. The number of alkyl halides is 3. The summed E-state index contributed by atoms with van der Waals surface area (Å²) in [5.74, 6) is -5.21. The summed E-state index contributed by atoms with van der Waals surface area (Å²) in [7, 11) is 0. The second-order valence-corrected chi connectivity index (χ2v) is 7.53. The highest BCUT2D eigenvalue weighted by Gasteiger charge is 2.38. The van der Waals surface area contributed by atoms with Gasteiger partial charge < -0.3 is 37.1 Å². The van der Waals surface area contributed by atoms with Crippen molar-refractivity contribution in [3.8, 4) is 5.75 Å². The average Bonchev–Trinajstić information content (AvgIpc) is 2.74. The van der Waals surface area contributed by atoms with E-state index in [4.69, 9.17) is 31.2 Å². The molecular weight excluding hydrogens is 491 g/mol. The van der Waals surface area contributed by atoms with Crippen molar-refractivity contribution in [2.24, 2.45) is 28.3 Å². The van der Waals surface area contributed by atoms with Gasteiger partial charge in [-0.05, 0) is 18.9 Å². The number of aliphatic imine (C=N–C) groups is 1. The summed E-state index contributed by atoms with van der Waals surface area (Å²) in [4.78, 5) is 48.5. The van der Waals surface area contributed by atoms with Crippen LogP contribution in [-0.4, -0.2) is 52.7 Å². The second kappa shape index (κ2) is 14.4. The number of amides is 2. The van der Waals surface area contributed by atoms with Crippen LogP contribution in [0.4, 0.5) is 30.2 Å². The third-order valence-electron chi connectivity index (χ3n) is 4.34. The summed E-state index contributed by atoms with van der Waals surface area (Å²) in [5.41, 5.74) is 11.5. The normalized spacial score (nSPS) is 10.7. The van der Waals surface area contributed by atoms with Crippen LogP contribution in [0.1, 0.15) is 40.5 Å². The molecule has 0 saturated carbocycles. The third kappa shape index (κ3) is 11.4. The second-order valence-electron chi connectivity index (χ2n) is 7.53. The van der Waals surface area contributed by atoms with E-state index in [2.05, 4.69) is 15.6 Å². The molecule has 0 spiro atoms. The summed E-state index contributed by atoms with van der Waals surface area (Å²) >= 11 is 0. The lowest BCUT2D eigenvalue weighted by molar-refractivity contribution is -0.192. The first-order valence-corrected chi connectivity index (χ1v) is 10.6. The highest BCUT2D eigenvalue weighted by atomic mass is 19.4. The van der Waals surface area contributed by atoms with Gasteiger partial charge in [0.1, 0.15) is 5.75 Å². The molecule has 0 aliphatic carbocycles. The Morgan fingerprint density at radius 1 is 1.00 bits per heavy atom. The summed E-state index contributed by atoms with van der Waals surface area (Å²) < 4.78 is 37.0. The molecule has 8 N–H and O–H groups in total. The Kier molecular flexibility index (Phi) is 12.8. The number of nitrogens with two attached hydrogens (primary N) is 2. The van der Waals surface area contributed by atoms with E-state index in [-0.39, 0.29) is 52.4 Å². The third-order valence-corrected chi connectivity index (χ3v) is 4.34. The number of carbonyl (C=O) groups is 4. The SMILES string of the molecule is CCC(CC)C(=O)Nc1cc(NC(=O)C(C)C)c(N=C(N)N)cc1OCC(=O)O.O=C(O)C(F)(F)F. The van der Waals surface area contributed by atoms with Crippen LogP contribution < -0.4 is 26.8 Å². The number of carbonyl (C=O) groups excluding carboxylic acids is 2. The highest BCUT2D eigenvalue weighted by molar-refractivity contribution is 6.00. The number of nitrogens with one attached hydrogen (secondary N) is 2. The van der Waals surface area contributed by atoms with Crippen molar-refractivity contribution in [3.05, 3.63) is 12.1 Å².